The number of alkyl halides is 2. The number of halogens is 3. The average molecular weight is 578 g/mol. The van der Waals surface area contributed by atoms with Crippen molar-refractivity contribution in [1.29, 1.82) is 0 Å². The van der Waals surface area contributed by atoms with Crippen LogP contribution in [-0.2, 0) is 16.1 Å². The van der Waals surface area contributed by atoms with Gasteiger partial charge in [-0.15, -0.1) is 0 Å². The Morgan fingerprint density at radius 3 is 2.48 bits per heavy atom. The average Bonchev–Trinajstić information content (AvgIpc) is 3.28. The number of carbonyl (C=O) groups is 2. The molecule has 0 unspecified atom stereocenters. The lowest BCUT2D eigenvalue weighted by Gasteiger charge is -2.52. The van der Waals surface area contributed by atoms with Crippen molar-refractivity contribution in [1.82, 2.24) is 30.2 Å². The van der Waals surface area contributed by atoms with Gasteiger partial charge in [-0.1, -0.05) is 24.3 Å². The number of nitrogens with zero attached hydrogens (tertiary/aromatic N) is 4. The molecular formula is C27H34ClF2N7O3. The van der Waals surface area contributed by atoms with Crippen molar-refractivity contribution in [2.45, 2.75) is 26.0 Å². The molecule has 2 aliphatic rings. The van der Waals surface area contributed by atoms with Crippen molar-refractivity contribution in [3.05, 3.63) is 53.5 Å². The van der Waals surface area contributed by atoms with Gasteiger partial charge in [0.15, 0.2) is 0 Å². The summed E-state index contributed by atoms with van der Waals surface area (Å²) in [6.45, 7) is 3.94. The van der Waals surface area contributed by atoms with E-state index in [2.05, 4.69) is 39.6 Å². The summed E-state index contributed by atoms with van der Waals surface area (Å²) < 4.78 is 32.5. The van der Waals surface area contributed by atoms with Gasteiger partial charge < -0.3 is 30.5 Å². The van der Waals surface area contributed by atoms with Crippen LogP contribution < -0.4 is 20.7 Å². The summed E-state index contributed by atoms with van der Waals surface area (Å²) in [6.07, 6.45) is 4.76. The van der Waals surface area contributed by atoms with E-state index in [4.69, 9.17) is 16.3 Å². The number of anilines is 1. The number of likely N-dealkylation sites (tertiary alicyclic amines) is 2. The lowest BCUT2D eigenvalue weighted by atomic mass is 9.72. The Balaban J connectivity index is 1.64. The maximum atomic E-state index is 13.2. The highest BCUT2D eigenvalue weighted by atomic mass is 35.5. The number of nitrogens with one attached hydrogen (secondary N) is 3. The molecule has 0 aliphatic carbocycles. The molecule has 1 aromatic carbocycles. The van der Waals surface area contributed by atoms with E-state index < -0.39 is 12.5 Å². The van der Waals surface area contributed by atoms with Gasteiger partial charge in [-0.05, 0) is 43.5 Å². The fraction of sp³-hybridized carbons (Fsp3) is 0.444. The van der Waals surface area contributed by atoms with Crippen molar-refractivity contribution in [3.8, 4) is 17.0 Å². The molecule has 2 fully saturated rings. The molecule has 40 heavy (non-hydrogen) atoms. The lowest BCUT2D eigenvalue weighted by Crippen LogP contribution is -2.59. The van der Waals surface area contributed by atoms with Crippen molar-refractivity contribution in [2.75, 3.05) is 52.6 Å². The van der Waals surface area contributed by atoms with Crippen LogP contribution >= 0.6 is 11.6 Å². The third-order valence-corrected chi connectivity index (χ3v) is 7.56. The molecule has 1 aromatic heterocycles. The third kappa shape index (κ3) is 6.39. The van der Waals surface area contributed by atoms with E-state index in [0.717, 1.165) is 25.9 Å². The highest BCUT2D eigenvalue weighted by Gasteiger charge is 2.43. The first-order valence-corrected chi connectivity index (χ1v) is 13.3. The number of hydrogen-bond acceptors (Lipinski definition) is 7. The van der Waals surface area contributed by atoms with Crippen LogP contribution in [0.4, 0.5) is 14.5 Å². The fourth-order valence-electron chi connectivity index (χ4n) is 5.46. The number of hydrogen-bond donors (Lipinski definition) is 3. The van der Waals surface area contributed by atoms with E-state index in [0.29, 0.717) is 24.3 Å². The Bertz CT molecular complexity index is 1290. The van der Waals surface area contributed by atoms with Crippen LogP contribution in [0, 0.1) is 5.41 Å². The van der Waals surface area contributed by atoms with Crippen LogP contribution in [0.25, 0.3) is 11.3 Å². The van der Waals surface area contributed by atoms with Crippen LogP contribution in [0.15, 0.2) is 48.4 Å². The molecule has 10 nitrogen and oxygen atoms in total. The molecule has 4 rings (SSSR count). The highest BCUT2D eigenvalue weighted by molar-refractivity contribution is 6.31. The molecule has 2 aliphatic heterocycles. The van der Waals surface area contributed by atoms with Gasteiger partial charge in [-0.2, -0.15) is 13.9 Å². The number of amides is 2. The first-order chi connectivity index (χ1) is 19.1. The van der Waals surface area contributed by atoms with E-state index in [1.165, 1.54) is 35.2 Å². The van der Waals surface area contributed by atoms with Crippen LogP contribution in [0.3, 0.4) is 0 Å². The predicted molar refractivity (Wildman–Crippen MR) is 149 cm³/mol. The smallest absolute Gasteiger partial charge is 0.387 e. The van der Waals surface area contributed by atoms with Gasteiger partial charge in [0.1, 0.15) is 23.8 Å². The summed E-state index contributed by atoms with van der Waals surface area (Å²) >= 11 is 6.19. The zero-order valence-electron chi connectivity index (χ0n) is 22.8. The number of piperidine rings is 1. The Kier molecular flexibility index (Phi) is 8.99. The van der Waals surface area contributed by atoms with Crippen LogP contribution in [0.2, 0.25) is 5.02 Å². The first kappa shape index (κ1) is 29.3. The van der Waals surface area contributed by atoms with Gasteiger partial charge >= 0.3 is 6.61 Å². The second kappa shape index (κ2) is 12.3. The topological polar surface area (TPSA) is 104 Å². The molecule has 216 valence electrons. The summed E-state index contributed by atoms with van der Waals surface area (Å²) in [6, 6.07) is 4.13. The quantitative estimate of drug-likeness (QED) is 0.294. The number of ether oxygens (including phenoxy) is 1. The van der Waals surface area contributed by atoms with E-state index in [1.807, 2.05) is 4.90 Å². The number of aromatic nitrogens is 2. The van der Waals surface area contributed by atoms with Crippen LogP contribution in [0.1, 0.15) is 12.8 Å². The summed E-state index contributed by atoms with van der Waals surface area (Å²) in [7, 11) is 5.38. The second-order valence-corrected chi connectivity index (χ2v) is 10.5. The lowest BCUT2D eigenvalue weighted by molar-refractivity contribution is -0.136. The minimum atomic E-state index is -3.09. The monoisotopic (exact) mass is 577 g/mol. The summed E-state index contributed by atoms with van der Waals surface area (Å²) in [5, 5.41) is 13.3. The molecule has 3 N–H and O–H groups in total. The van der Waals surface area contributed by atoms with E-state index in [9.17, 15) is 18.4 Å². The molecule has 0 atom stereocenters. The Labute approximate surface area is 237 Å². The molecule has 2 saturated heterocycles. The largest absolute Gasteiger partial charge is 0.434 e. The molecule has 0 bridgehead atoms. The Morgan fingerprint density at radius 2 is 1.90 bits per heavy atom. The predicted octanol–water partition coefficient (Wildman–Crippen LogP) is 3.13. The van der Waals surface area contributed by atoms with Gasteiger partial charge in [0.2, 0.25) is 5.91 Å². The highest BCUT2D eigenvalue weighted by Crippen LogP contribution is 2.40. The fourth-order valence-corrected chi connectivity index (χ4v) is 5.63. The summed E-state index contributed by atoms with van der Waals surface area (Å²) in [5.41, 5.74) is 0.938. The number of rotatable bonds is 10. The zero-order chi connectivity index (χ0) is 29.0. The number of benzene rings is 1. The Morgan fingerprint density at radius 1 is 1.23 bits per heavy atom. The maximum absolute atomic E-state index is 13.2. The number of carbonyl (C=O) groups excluding carboxylic acids is 2. The van der Waals surface area contributed by atoms with Gasteiger partial charge in [0.25, 0.3) is 5.91 Å². The molecule has 3 heterocycles. The molecule has 0 saturated carbocycles. The maximum Gasteiger partial charge on any atom is 0.387 e. The van der Waals surface area contributed by atoms with Crippen LogP contribution in [-0.4, -0.2) is 85.3 Å². The summed E-state index contributed by atoms with van der Waals surface area (Å²) in [4.78, 5) is 30.5. The summed E-state index contributed by atoms with van der Waals surface area (Å²) in [5.74, 6) is -0.416. The molecule has 2 aromatic rings. The normalized spacial score (nSPS) is 16.3. The Hall–Kier alpha value is -3.64. The SMILES string of the molecule is C=CC(C(=O)Nc1cn(CC(=O)N2CCC3(CC2)CN(C)C3)nc1-c1cc(Cl)ccc1OC(F)F)=C(NC)NC. The van der Waals surface area contributed by atoms with Crippen molar-refractivity contribution < 1.29 is 23.1 Å². The van der Waals surface area contributed by atoms with E-state index in [-0.39, 0.29) is 45.7 Å². The van der Waals surface area contributed by atoms with Gasteiger partial charge in [-0.3, -0.25) is 14.3 Å². The molecule has 1 spiro atoms. The second-order valence-electron chi connectivity index (χ2n) is 10.1. The molecule has 13 heteroatoms. The van der Waals surface area contributed by atoms with E-state index in [1.54, 1.807) is 14.1 Å². The minimum Gasteiger partial charge on any atom is -0.434 e. The minimum absolute atomic E-state index is 0.0934. The zero-order valence-corrected chi connectivity index (χ0v) is 23.5. The molecular weight excluding hydrogens is 544 g/mol. The first-order valence-electron chi connectivity index (χ1n) is 12.9. The van der Waals surface area contributed by atoms with Crippen molar-refractivity contribution in [2.24, 2.45) is 5.41 Å². The van der Waals surface area contributed by atoms with E-state index >= 15 is 0 Å². The van der Waals surface area contributed by atoms with Gasteiger partial charge in [0.05, 0.1) is 11.3 Å². The van der Waals surface area contributed by atoms with Gasteiger partial charge in [0, 0.05) is 57.1 Å². The molecule has 2 amide bonds. The van der Waals surface area contributed by atoms with Crippen LogP contribution in [0.5, 0.6) is 5.75 Å². The standard InChI is InChI=1S/C27H34ClF2N7O3/c1-5-18(24(31-2)32-3)25(39)33-20-13-37(14-22(38)36-10-8-27(9-11-36)15-35(4)16-27)34-23(20)19-12-17(28)6-7-21(19)40-26(29)30/h5-7,12-13,26,31-32H,1,8-11,14-16H2,2-4H3,(H,33,39). The van der Waals surface area contributed by atoms with Gasteiger partial charge in [-0.25, -0.2) is 0 Å². The third-order valence-electron chi connectivity index (χ3n) is 7.33. The van der Waals surface area contributed by atoms with Crippen molar-refractivity contribution >= 4 is 29.1 Å². The molecule has 0 radical (unpaired) electrons. The van der Waals surface area contributed by atoms with Crippen molar-refractivity contribution in [3.63, 3.8) is 0 Å².